The smallest absolute Gasteiger partial charge is 0.411 e. The molecular formula is C12H14ClNO3. The number of hydrogen-bond acceptors (Lipinski definition) is 3. The van der Waals surface area contributed by atoms with E-state index in [1.807, 2.05) is 6.92 Å². The Kier molecular flexibility index (Phi) is 5.49. The monoisotopic (exact) mass is 255 g/mol. The van der Waals surface area contributed by atoms with Gasteiger partial charge in [0.2, 0.25) is 0 Å². The number of anilines is 1. The molecule has 1 amide bonds. The van der Waals surface area contributed by atoms with Gasteiger partial charge in [-0.2, -0.15) is 0 Å². The van der Waals surface area contributed by atoms with Crippen LogP contribution < -0.4 is 5.32 Å². The van der Waals surface area contributed by atoms with E-state index in [1.165, 1.54) is 6.07 Å². The zero-order valence-corrected chi connectivity index (χ0v) is 10.3. The Bertz CT molecular complexity index is 406. The van der Waals surface area contributed by atoms with Crippen LogP contribution in [-0.2, 0) is 4.74 Å². The zero-order chi connectivity index (χ0) is 12.7. The van der Waals surface area contributed by atoms with Gasteiger partial charge in [0.05, 0.1) is 6.61 Å². The van der Waals surface area contributed by atoms with Crippen molar-refractivity contribution in [2.75, 3.05) is 11.9 Å². The third kappa shape index (κ3) is 4.87. The maximum absolute atomic E-state index is 11.3. The minimum absolute atomic E-state index is 0.332. The molecule has 0 bridgehead atoms. The summed E-state index contributed by atoms with van der Waals surface area (Å²) in [4.78, 5) is 22.2. The number of ether oxygens (including phenoxy) is 1. The summed E-state index contributed by atoms with van der Waals surface area (Å²) in [6.45, 7) is 2.40. The van der Waals surface area contributed by atoms with Gasteiger partial charge in [-0.05, 0) is 36.2 Å². The van der Waals surface area contributed by atoms with Crippen molar-refractivity contribution in [3.8, 4) is 0 Å². The molecule has 17 heavy (non-hydrogen) atoms. The van der Waals surface area contributed by atoms with Gasteiger partial charge in [-0.25, -0.2) is 4.79 Å². The molecule has 0 saturated carbocycles. The van der Waals surface area contributed by atoms with Crippen molar-refractivity contribution in [1.29, 1.82) is 0 Å². The lowest BCUT2D eigenvalue weighted by atomic mass is 10.2. The Morgan fingerprint density at radius 3 is 2.82 bits per heavy atom. The maximum Gasteiger partial charge on any atom is 0.411 e. The Morgan fingerprint density at radius 2 is 2.18 bits per heavy atom. The minimum atomic E-state index is -0.562. The molecule has 0 heterocycles. The van der Waals surface area contributed by atoms with Gasteiger partial charge in [0.25, 0.3) is 5.24 Å². The number of amides is 1. The maximum atomic E-state index is 11.3. The highest BCUT2D eigenvalue weighted by Gasteiger charge is 2.05. The van der Waals surface area contributed by atoms with Crippen molar-refractivity contribution in [2.45, 2.75) is 19.8 Å². The van der Waals surface area contributed by atoms with Crippen molar-refractivity contribution in [3.05, 3.63) is 29.8 Å². The summed E-state index contributed by atoms with van der Waals surface area (Å²) in [5.74, 6) is 0. The van der Waals surface area contributed by atoms with Crippen LogP contribution in [0.1, 0.15) is 30.1 Å². The summed E-state index contributed by atoms with van der Waals surface area (Å²) in [6, 6.07) is 6.36. The van der Waals surface area contributed by atoms with E-state index in [0.717, 1.165) is 12.8 Å². The van der Waals surface area contributed by atoms with Crippen molar-refractivity contribution in [3.63, 3.8) is 0 Å². The second-order valence-electron chi connectivity index (χ2n) is 3.47. The van der Waals surface area contributed by atoms with Crippen LogP contribution in [0.15, 0.2) is 24.3 Å². The first-order valence-electron chi connectivity index (χ1n) is 5.37. The van der Waals surface area contributed by atoms with E-state index >= 15 is 0 Å². The fourth-order valence-corrected chi connectivity index (χ4v) is 1.30. The molecule has 0 aliphatic heterocycles. The molecule has 1 aromatic carbocycles. The molecule has 1 aromatic rings. The topological polar surface area (TPSA) is 55.4 Å². The fraction of sp³-hybridized carbons (Fsp3) is 0.333. The second-order valence-corrected chi connectivity index (χ2v) is 3.81. The predicted molar refractivity (Wildman–Crippen MR) is 66.5 cm³/mol. The number of hydrogen-bond donors (Lipinski definition) is 1. The number of carbonyl (C=O) groups excluding carboxylic acids is 2. The third-order valence-electron chi connectivity index (χ3n) is 2.07. The largest absolute Gasteiger partial charge is 0.449 e. The molecule has 0 aliphatic carbocycles. The molecule has 1 N–H and O–H groups in total. The molecule has 5 heteroatoms. The van der Waals surface area contributed by atoms with Gasteiger partial charge in [0.1, 0.15) is 0 Å². The quantitative estimate of drug-likeness (QED) is 0.648. The van der Waals surface area contributed by atoms with E-state index in [9.17, 15) is 9.59 Å². The van der Waals surface area contributed by atoms with Crippen LogP contribution in [0.3, 0.4) is 0 Å². The van der Waals surface area contributed by atoms with Gasteiger partial charge >= 0.3 is 6.09 Å². The van der Waals surface area contributed by atoms with Crippen LogP contribution in [0.5, 0.6) is 0 Å². The lowest BCUT2D eigenvalue weighted by molar-refractivity contribution is 0.108. The molecule has 0 saturated heterocycles. The van der Waals surface area contributed by atoms with E-state index in [1.54, 1.807) is 18.2 Å². The summed E-state index contributed by atoms with van der Waals surface area (Å²) >= 11 is 5.33. The molecule has 4 nitrogen and oxygen atoms in total. The molecule has 0 radical (unpaired) electrons. The Morgan fingerprint density at radius 1 is 1.41 bits per heavy atom. The second kappa shape index (κ2) is 6.91. The van der Waals surface area contributed by atoms with Gasteiger partial charge in [-0.3, -0.25) is 10.1 Å². The summed E-state index contributed by atoms with van der Waals surface area (Å²) in [5.41, 5.74) is 0.816. The molecule has 0 aromatic heterocycles. The molecule has 0 aliphatic rings. The van der Waals surface area contributed by atoms with E-state index in [0.29, 0.717) is 17.9 Å². The first-order valence-corrected chi connectivity index (χ1v) is 5.75. The number of unbranched alkanes of at least 4 members (excludes halogenated alkanes) is 1. The average molecular weight is 256 g/mol. The van der Waals surface area contributed by atoms with Gasteiger partial charge in [-0.15, -0.1) is 0 Å². The van der Waals surface area contributed by atoms with Crippen molar-refractivity contribution < 1.29 is 14.3 Å². The van der Waals surface area contributed by atoms with Crippen LogP contribution in [-0.4, -0.2) is 17.9 Å². The standard InChI is InChI=1S/C12H14ClNO3/c1-2-3-7-17-12(16)14-10-6-4-5-9(8-10)11(13)15/h4-6,8H,2-3,7H2,1H3,(H,14,16). The van der Waals surface area contributed by atoms with Gasteiger partial charge in [-0.1, -0.05) is 19.4 Å². The molecule has 1 rings (SSSR count). The van der Waals surface area contributed by atoms with Gasteiger partial charge in [0, 0.05) is 11.3 Å². The lowest BCUT2D eigenvalue weighted by Crippen LogP contribution is -2.14. The number of halogens is 1. The zero-order valence-electron chi connectivity index (χ0n) is 9.53. The predicted octanol–water partition coefficient (Wildman–Crippen LogP) is 3.41. The Balaban J connectivity index is 2.53. The highest BCUT2D eigenvalue weighted by molar-refractivity contribution is 6.67. The number of nitrogens with one attached hydrogen (secondary N) is 1. The average Bonchev–Trinajstić information content (AvgIpc) is 2.29. The molecule has 0 fully saturated rings. The van der Waals surface area contributed by atoms with Crippen LogP contribution in [0, 0.1) is 0 Å². The highest BCUT2D eigenvalue weighted by atomic mass is 35.5. The molecular weight excluding hydrogens is 242 g/mol. The fourth-order valence-electron chi connectivity index (χ4n) is 1.18. The van der Waals surface area contributed by atoms with Crippen molar-refractivity contribution in [2.24, 2.45) is 0 Å². The SMILES string of the molecule is CCCCOC(=O)Nc1cccc(C(=O)Cl)c1. The van der Waals surface area contributed by atoms with E-state index in [-0.39, 0.29) is 0 Å². The normalized spacial score (nSPS) is 9.76. The van der Waals surface area contributed by atoms with E-state index in [4.69, 9.17) is 16.3 Å². The molecule has 0 spiro atoms. The van der Waals surface area contributed by atoms with Crippen LogP contribution in [0.4, 0.5) is 10.5 Å². The first kappa shape index (κ1) is 13.5. The van der Waals surface area contributed by atoms with Crippen LogP contribution >= 0.6 is 11.6 Å². The third-order valence-corrected chi connectivity index (χ3v) is 2.29. The number of benzene rings is 1. The highest BCUT2D eigenvalue weighted by Crippen LogP contribution is 2.12. The first-order chi connectivity index (χ1) is 8.13. The summed E-state index contributed by atoms with van der Waals surface area (Å²) in [7, 11) is 0. The minimum Gasteiger partial charge on any atom is -0.449 e. The van der Waals surface area contributed by atoms with Crippen molar-refractivity contribution in [1.82, 2.24) is 0 Å². The number of carbonyl (C=O) groups is 2. The van der Waals surface area contributed by atoms with Crippen molar-refractivity contribution >= 4 is 28.6 Å². The lowest BCUT2D eigenvalue weighted by Gasteiger charge is -2.06. The molecule has 0 atom stereocenters. The van der Waals surface area contributed by atoms with Crippen LogP contribution in [0.2, 0.25) is 0 Å². The Labute approximate surface area is 105 Å². The Hall–Kier alpha value is -1.55. The van der Waals surface area contributed by atoms with Gasteiger partial charge in [0.15, 0.2) is 0 Å². The van der Waals surface area contributed by atoms with Crippen LogP contribution in [0.25, 0.3) is 0 Å². The summed E-state index contributed by atoms with van der Waals surface area (Å²) in [5, 5.41) is 1.96. The van der Waals surface area contributed by atoms with E-state index < -0.39 is 11.3 Å². The van der Waals surface area contributed by atoms with Gasteiger partial charge < -0.3 is 4.74 Å². The summed E-state index contributed by atoms with van der Waals surface area (Å²) < 4.78 is 4.92. The molecule has 0 unspecified atom stereocenters. The van der Waals surface area contributed by atoms with E-state index in [2.05, 4.69) is 5.32 Å². The molecule has 92 valence electrons. The number of rotatable bonds is 5. The summed E-state index contributed by atoms with van der Waals surface area (Å²) in [6.07, 6.45) is 1.26.